The Labute approximate surface area is 215 Å². The van der Waals surface area contributed by atoms with Crippen molar-refractivity contribution in [2.45, 2.75) is 44.8 Å². The van der Waals surface area contributed by atoms with Crippen LogP contribution in [0.4, 0.5) is 10.5 Å². The maximum atomic E-state index is 13.0. The molecule has 0 bridgehead atoms. The molecule has 1 fully saturated rings. The number of amides is 2. The number of amidine groups is 1. The van der Waals surface area contributed by atoms with E-state index in [1.54, 1.807) is 51.1 Å². The normalized spacial score (nSPS) is 27.4. The van der Waals surface area contributed by atoms with Crippen LogP contribution in [0, 0.1) is 5.41 Å². The van der Waals surface area contributed by atoms with Gasteiger partial charge in [-0.25, -0.2) is 20.1 Å². The molecule has 1 aromatic rings. The van der Waals surface area contributed by atoms with Crippen LogP contribution in [0.1, 0.15) is 39.2 Å². The van der Waals surface area contributed by atoms with E-state index < -0.39 is 17.2 Å². The van der Waals surface area contributed by atoms with E-state index in [1.165, 1.54) is 13.3 Å². The first-order chi connectivity index (χ1) is 17.6. The number of nitrogens with zero attached hydrogens (tertiary/aromatic N) is 2. The molecule has 2 amide bonds. The van der Waals surface area contributed by atoms with Gasteiger partial charge in [0, 0.05) is 16.7 Å². The molecule has 1 atom stereocenters. The topological polar surface area (TPSA) is 120 Å². The standard InChI is InChI=1S/C27H30N4O6/c1-25(2,3)37-24(33)30-23-31-27(16-36-23)19-13-17(9-10-21(19)35-15-26(27)11-12-26)29-22(32)20-8-6-5-7-18(34-4)14-28-20/h5-10,13-14H,11-12,15-16H2,1-4H3,(H,29,32)(H,30,31,33)/b6-5+,7-5?,8-6?,18-7-,18-14?,20-8-,28-14-,28-20?. The van der Waals surface area contributed by atoms with Crippen LogP contribution in [-0.2, 0) is 24.5 Å². The number of methoxy groups -OCH3 is 1. The third-order valence-electron chi connectivity index (χ3n) is 6.66. The minimum absolute atomic E-state index is 0.116. The SMILES string of the molecule is COC1=C\C=C\C=C(C(=O)Nc2ccc3c(c2)C2(COC(NC(=O)OC(C)(C)C)=N2)C2(CC2)CO3)/N=C\1. The lowest BCUT2D eigenvalue weighted by Gasteiger charge is -2.39. The van der Waals surface area contributed by atoms with Gasteiger partial charge in [0.05, 0.1) is 19.9 Å². The number of fused-ring (bicyclic) bond motifs is 3. The molecule has 5 rings (SSSR count). The molecule has 0 radical (unpaired) electrons. The number of alkyl carbamates (subject to hydrolysis) is 1. The van der Waals surface area contributed by atoms with Gasteiger partial charge in [-0.05, 0) is 64.0 Å². The summed E-state index contributed by atoms with van der Waals surface area (Å²) in [6.07, 6.45) is 9.56. The van der Waals surface area contributed by atoms with Gasteiger partial charge >= 0.3 is 6.09 Å². The molecule has 3 aliphatic heterocycles. The second kappa shape index (κ2) is 9.10. The average molecular weight is 507 g/mol. The van der Waals surface area contributed by atoms with Crippen molar-refractivity contribution in [2.75, 3.05) is 25.6 Å². The first kappa shape index (κ1) is 24.6. The summed E-state index contributed by atoms with van der Waals surface area (Å²) in [5.41, 5.74) is -0.0334. The lowest BCUT2D eigenvalue weighted by atomic mass is 9.74. The average Bonchev–Trinajstić information content (AvgIpc) is 3.49. The van der Waals surface area contributed by atoms with E-state index in [-0.39, 0.29) is 29.6 Å². The minimum Gasteiger partial charge on any atom is -0.495 e. The van der Waals surface area contributed by atoms with E-state index >= 15 is 0 Å². The van der Waals surface area contributed by atoms with Crippen molar-refractivity contribution in [3.63, 3.8) is 0 Å². The van der Waals surface area contributed by atoms with E-state index in [1.807, 2.05) is 12.1 Å². The zero-order valence-corrected chi connectivity index (χ0v) is 21.3. The first-order valence-corrected chi connectivity index (χ1v) is 12.1. The summed E-state index contributed by atoms with van der Waals surface area (Å²) in [5.74, 6) is 0.832. The number of rotatable bonds is 3. The molecule has 1 saturated carbocycles. The second-order valence-corrected chi connectivity index (χ2v) is 10.4. The van der Waals surface area contributed by atoms with Crippen LogP contribution in [0.2, 0.25) is 0 Å². The third kappa shape index (κ3) is 4.83. The highest BCUT2D eigenvalue weighted by Crippen LogP contribution is 2.65. The van der Waals surface area contributed by atoms with E-state index in [2.05, 4.69) is 15.6 Å². The van der Waals surface area contributed by atoms with Gasteiger partial charge in [0.25, 0.3) is 11.9 Å². The summed E-state index contributed by atoms with van der Waals surface area (Å²) in [4.78, 5) is 34.5. The number of aliphatic imine (C=N–C) groups is 2. The monoisotopic (exact) mass is 506 g/mol. The van der Waals surface area contributed by atoms with Crippen molar-refractivity contribution in [1.29, 1.82) is 0 Å². The zero-order chi connectivity index (χ0) is 26.3. The van der Waals surface area contributed by atoms with E-state index in [0.29, 0.717) is 23.8 Å². The molecule has 3 heterocycles. The van der Waals surface area contributed by atoms with Gasteiger partial charge in [-0.3, -0.25) is 4.79 Å². The predicted molar refractivity (Wildman–Crippen MR) is 137 cm³/mol. The number of hydrogen-bond acceptors (Lipinski definition) is 8. The van der Waals surface area contributed by atoms with Crippen molar-refractivity contribution < 1.29 is 28.5 Å². The Balaban J connectivity index is 1.41. The molecule has 10 heteroatoms. The maximum Gasteiger partial charge on any atom is 0.415 e. The maximum absolute atomic E-state index is 13.0. The minimum atomic E-state index is -0.746. The van der Waals surface area contributed by atoms with Gasteiger partial charge in [0.2, 0.25) is 0 Å². The molecule has 1 unspecified atom stereocenters. The van der Waals surface area contributed by atoms with Crippen LogP contribution in [-0.4, -0.2) is 50.2 Å². The number of carbonyl (C=O) groups is 2. The predicted octanol–water partition coefficient (Wildman–Crippen LogP) is 3.96. The molecular weight excluding hydrogens is 476 g/mol. The number of ether oxygens (including phenoxy) is 4. The molecular formula is C27H30N4O6. The second-order valence-electron chi connectivity index (χ2n) is 10.4. The fourth-order valence-electron chi connectivity index (χ4n) is 4.63. The van der Waals surface area contributed by atoms with E-state index in [4.69, 9.17) is 23.9 Å². The van der Waals surface area contributed by atoms with Crippen molar-refractivity contribution >= 4 is 29.9 Å². The zero-order valence-electron chi connectivity index (χ0n) is 21.3. The van der Waals surface area contributed by atoms with Gasteiger partial charge in [0.1, 0.15) is 35.0 Å². The van der Waals surface area contributed by atoms with Gasteiger partial charge < -0.3 is 24.3 Å². The first-order valence-electron chi connectivity index (χ1n) is 12.1. The molecule has 194 valence electrons. The van der Waals surface area contributed by atoms with Crippen molar-refractivity contribution in [1.82, 2.24) is 5.32 Å². The van der Waals surface area contributed by atoms with Crippen LogP contribution in [0.3, 0.4) is 0 Å². The Morgan fingerprint density at radius 2 is 1.84 bits per heavy atom. The number of benzene rings is 1. The Hall–Kier alpha value is -4.08. The number of carbonyl (C=O) groups excluding carboxylic acids is 2. The Morgan fingerprint density at radius 1 is 1.05 bits per heavy atom. The van der Waals surface area contributed by atoms with Crippen LogP contribution in [0.15, 0.2) is 63.9 Å². The van der Waals surface area contributed by atoms with Crippen LogP contribution in [0.5, 0.6) is 5.75 Å². The molecule has 0 saturated heterocycles. The summed E-state index contributed by atoms with van der Waals surface area (Å²) in [6.45, 7) is 6.11. The smallest absolute Gasteiger partial charge is 0.415 e. The highest BCUT2D eigenvalue weighted by Gasteiger charge is 2.66. The number of allylic oxidation sites excluding steroid dienone is 5. The summed E-state index contributed by atoms with van der Waals surface area (Å²) >= 11 is 0. The highest BCUT2D eigenvalue weighted by atomic mass is 16.6. The number of hydrogen-bond donors (Lipinski definition) is 2. The molecule has 10 nitrogen and oxygen atoms in total. The summed E-state index contributed by atoms with van der Waals surface area (Å²) in [5, 5.41) is 5.54. The molecule has 4 aliphatic rings. The lowest BCUT2D eigenvalue weighted by Crippen LogP contribution is -2.44. The Bertz CT molecular complexity index is 1280. The summed E-state index contributed by atoms with van der Waals surface area (Å²) in [6, 6.07) is 5.57. The van der Waals surface area contributed by atoms with Crippen LogP contribution in [0.25, 0.3) is 0 Å². The number of anilines is 1. The molecule has 37 heavy (non-hydrogen) atoms. The molecule has 2 spiro atoms. The molecule has 1 aromatic carbocycles. The highest BCUT2D eigenvalue weighted by molar-refractivity contribution is 6.05. The number of nitrogens with one attached hydrogen (secondary N) is 2. The van der Waals surface area contributed by atoms with Gasteiger partial charge in [0.15, 0.2) is 0 Å². The quantitative estimate of drug-likeness (QED) is 0.641. The van der Waals surface area contributed by atoms with Gasteiger partial charge in [-0.2, -0.15) is 0 Å². The third-order valence-corrected chi connectivity index (χ3v) is 6.66. The van der Waals surface area contributed by atoms with Gasteiger partial charge in [-0.15, -0.1) is 0 Å². The largest absolute Gasteiger partial charge is 0.495 e. The fraction of sp³-hybridized carbons (Fsp3) is 0.407. The van der Waals surface area contributed by atoms with E-state index in [9.17, 15) is 9.59 Å². The Kier molecular flexibility index (Phi) is 6.05. The molecule has 0 aromatic heterocycles. The molecule has 1 aliphatic carbocycles. The van der Waals surface area contributed by atoms with Crippen molar-refractivity contribution in [3.05, 3.63) is 59.5 Å². The van der Waals surface area contributed by atoms with Gasteiger partial charge in [-0.1, -0.05) is 12.2 Å². The molecule has 2 N–H and O–H groups in total. The van der Waals surface area contributed by atoms with Crippen LogP contribution >= 0.6 is 0 Å². The van der Waals surface area contributed by atoms with Crippen molar-refractivity contribution in [2.24, 2.45) is 15.4 Å². The summed E-state index contributed by atoms with van der Waals surface area (Å²) < 4.78 is 22.5. The van der Waals surface area contributed by atoms with Crippen molar-refractivity contribution in [3.8, 4) is 5.75 Å². The lowest BCUT2D eigenvalue weighted by molar-refractivity contribution is -0.112. The van der Waals surface area contributed by atoms with Crippen LogP contribution < -0.4 is 15.4 Å². The van der Waals surface area contributed by atoms with E-state index in [0.717, 1.165) is 18.4 Å². The summed E-state index contributed by atoms with van der Waals surface area (Å²) in [7, 11) is 1.54. The fourth-order valence-corrected chi connectivity index (χ4v) is 4.63. The Morgan fingerprint density at radius 3 is 2.57 bits per heavy atom.